The minimum atomic E-state index is 0.776. The number of hydrogen-bond donors (Lipinski definition) is 1. The fourth-order valence-corrected chi connectivity index (χ4v) is 2.10. The Balaban J connectivity index is 2.04. The topological polar surface area (TPSA) is 47.7 Å². The average molecular weight is 247 g/mol. The quantitative estimate of drug-likeness (QED) is 0.851. The zero-order valence-electron chi connectivity index (χ0n) is 11.3. The summed E-state index contributed by atoms with van der Waals surface area (Å²) in [6.07, 6.45) is 7.98. The first-order chi connectivity index (χ1) is 8.74. The third-order valence-electron chi connectivity index (χ3n) is 2.94. The summed E-state index contributed by atoms with van der Waals surface area (Å²) in [4.78, 5) is 4.34. The van der Waals surface area contributed by atoms with E-state index >= 15 is 0 Å². The number of rotatable bonds is 6. The highest BCUT2D eigenvalue weighted by Gasteiger charge is 2.07. The fourth-order valence-electron chi connectivity index (χ4n) is 2.10. The maximum absolute atomic E-state index is 4.44. The molecule has 98 valence electrons. The Hall–Kier alpha value is -1.78. The van der Waals surface area contributed by atoms with Gasteiger partial charge in [-0.1, -0.05) is 13.8 Å². The summed E-state index contributed by atoms with van der Waals surface area (Å²) in [5, 5.41) is 7.82. The second-order valence-corrected chi connectivity index (χ2v) is 4.43. The molecule has 5 heteroatoms. The monoisotopic (exact) mass is 247 g/mol. The molecule has 0 saturated heterocycles. The minimum Gasteiger partial charge on any atom is -0.351 e. The van der Waals surface area contributed by atoms with Crippen molar-refractivity contribution in [2.24, 2.45) is 7.05 Å². The molecule has 0 fully saturated rings. The standard InChI is InChI=1S/C13H21N5/c1-4-7-18-8-6-14-13(18)15-9-11-10-17(3)16-12(11)5-2/h6,8,10H,4-5,7,9H2,1-3H3,(H,14,15). The van der Waals surface area contributed by atoms with Gasteiger partial charge in [-0.15, -0.1) is 0 Å². The Morgan fingerprint density at radius 2 is 2.17 bits per heavy atom. The van der Waals surface area contributed by atoms with E-state index in [-0.39, 0.29) is 0 Å². The van der Waals surface area contributed by atoms with Gasteiger partial charge >= 0.3 is 0 Å². The van der Waals surface area contributed by atoms with Crippen molar-refractivity contribution in [3.8, 4) is 0 Å². The van der Waals surface area contributed by atoms with Crippen molar-refractivity contribution < 1.29 is 0 Å². The van der Waals surface area contributed by atoms with E-state index in [2.05, 4.69) is 40.0 Å². The molecule has 2 rings (SSSR count). The fraction of sp³-hybridized carbons (Fsp3) is 0.538. The summed E-state index contributed by atoms with van der Waals surface area (Å²) >= 11 is 0. The van der Waals surface area contributed by atoms with Gasteiger partial charge in [0.15, 0.2) is 0 Å². The van der Waals surface area contributed by atoms with Crippen LogP contribution in [0.2, 0.25) is 0 Å². The predicted molar refractivity (Wildman–Crippen MR) is 72.4 cm³/mol. The van der Waals surface area contributed by atoms with E-state index < -0.39 is 0 Å². The van der Waals surface area contributed by atoms with Crippen molar-refractivity contribution in [1.29, 1.82) is 0 Å². The van der Waals surface area contributed by atoms with Crippen LogP contribution >= 0.6 is 0 Å². The van der Waals surface area contributed by atoms with E-state index in [1.54, 1.807) is 0 Å². The third-order valence-corrected chi connectivity index (χ3v) is 2.94. The van der Waals surface area contributed by atoms with Crippen LogP contribution in [-0.2, 0) is 26.6 Å². The molecule has 0 amide bonds. The van der Waals surface area contributed by atoms with E-state index in [1.807, 2.05) is 24.1 Å². The molecular weight excluding hydrogens is 226 g/mol. The molecule has 2 heterocycles. The second-order valence-electron chi connectivity index (χ2n) is 4.43. The van der Waals surface area contributed by atoms with Gasteiger partial charge in [0.05, 0.1) is 5.69 Å². The molecule has 2 aromatic rings. The molecule has 0 aliphatic carbocycles. The van der Waals surface area contributed by atoms with Crippen LogP contribution in [-0.4, -0.2) is 19.3 Å². The van der Waals surface area contributed by atoms with Gasteiger partial charge in [0.25, 0.3) is 0 Å². The Morgan fingerprint density at radius 3 is 2.89 bits per heavy atom. The number of aromatic nitrogens is 4. The lowest BCUT2D eigenvalue weighted by Crippen LogP contribution is -2.07. The molecule has 0 spiro atoms. The maximum Gasteiger partial charge on any atom is 0.203 e. The molecule has 0 unspecified atom stereocenters. The largest absolute Gasteiger partial charge is 0.351 e. The van der Waals surface area contributed by atoms with E-state index in [1.165, 1.54) is 5.56 Å². The molecule has 18 heavy (non-hydrogen) atoms. The van der Waals surface area contributed by atoms with E-state index in [0.717, 1.165) is 37.6 Å². The lowest BCUT2D eigenvalue weighted by Gasteiger charge is -2.08. The molecular formula is C13H21N5. The normalized spacial score (nSPS) is 10.8. The Kier molecular flexibility index (Phi) is 4.02. The highest BCUT2D eigenvalue weighted by atomic mass is 15.3. The van der Waals surface area contributed by atoms with Crippen LogP contribution in [0.25, 0.3) is 0 Å². The van der Waals surface area contributed by atoms with Gasteiger partial charge in [-0.05, 0) is 12.8 Å². The first kappa shape index (κ1) is 12.7. The summed E-state index contributed by atoms with van der Waals surface area (Å²) in [6.45, 7) is 6.07. The Labute approximate surface area is 108 Å². The van der Waals surface area contributed by atoms with Crippen molar-refractivity contribution in [1.82, 2.24) is 19.3 Å². The average Bonchev–Trinajstić information content (AvgIpc) is 2.93. The van der Waals surface area contributed by atoms with E-state index in [9.17, 15) is 0 Å². The number of hydrogen-bond acceptors (Lipinski definition) is 3. The second kappa shape index (κ2) is 5.71. The van der Waals surface area contributed by atoms with Crippen LogP contribution in [0.1, 0.15) is 31.5 Å². The van der Waals surface area contributed by atoms with Crippen LogP contribution in [0.4, 0.5) is 5.95 Å². The number of nitrogens with zero attached hydrogens (tertiary/aromatic N) is 4. The Morgan fingerprint density at radius 1 is 1.33 bits per heavy atom. The molecule has 0 saturated carbocycles. The van der Waals surface area contributed by atoms with Crippen molar-refractivity contribution in [3.63, 3.8) is 0 Å². The van der Waals surface area contributed by atoms with Crippen molar-refractivity contribution in [2.45, 2.75) is 39.8 Å². The SMILES string of the molecule is CCCn1ccnc1NCc1cn(C)nc1CC. The summed E-state index contributed by atoms with van der Waals surface area (Å²) in [5.41, 5.74) is 2.39. The maximum atomic E-state index is 4.44. The zero-order chi connectivity index (χ0) is 13.0. The Bertz CT molecular complexity index is 497. The lowest BCUT2D eigenvalue weighted by molar-refractivity contribution is 0.682. The van der Waals surface area contributed by atoms with Crippen molar-refractivity contribution >= 4 is 5.95 Å². The van der Waals surface area contributed by atoms with Gasteiger partial charge < -0.3 is 9.88 Å². The van der Waals surface area contributed by atoms with Crippen molar-refractivity contribution in [3.05, 3.63) is 29.8 Å². The molecule has 0 atom stereocenters. The van der Waals surface area contributed by atoms with Crippen LogP contribution in [0.15, 0.2) is 18.6 Å². The van der Waals surface area contributed by atoms with Gasteiger partial charge in [0.2, 0.25) is 5.95 Å². The molecule has 0 aromatic carbocycles. The number of aryl methyl sites for hydroxylation is 3. The number of imidazole rings is 1. The number of anilines is 1. The predicted octanol–water partition coefficient (Wildman–Crippen LogP) is 2.20. The van der Waals surface area contributed by atoms with Crippen LogP contribution in [0.3, 0.4) is 0 Å². The summed E-state index contributed by atoms with van der Waals surface area (Å²) in [7, 11) is 1.96. The van der Waals surface area contributed by atoms with E-state index in [4.69, 9.17) is 0 Å². The van der Waals surface area contributed by atoms with Crippen LogP contribution < -0.4 is 5.32 Å². The summed E-state index contributed by atoms with van der Waals surface area (Å²) in [5.74, 6) is 0.933. The van der Waals surface area contributed by atoms with Crippen molar-refractivity contribution in [2.75, 3.05) is 5.32 Å². The summed E-state index contributed by atoms with van der Waals surface area (Å²) < 4.78 is 4.01. The first-order valence-corrected chi connectivity index (χ1v) is 6.51. The molecule has 0 aliphatic rings. The van der Waals surface area contributed by atoms with Gasteiger partial charge in [-0.3, -0.25) is 4.68 Å². The zero-order valence-corrected chi connectivity index (χ0v) is 11.3. The highest BCUT2D eigenvalue weighted by Crippen LogP contribution is 2.11. The number of nitrogens with one attached hydrogen (secondary N) is 1. The van der Waals surface area contributed by atoms with Gasteiger partial charge in [-0.2, -0.15) is 5.10 Å². The van der Waals surface area contributed by atoms with Gasteiger partial charge in [0.1, 0.15) is 0 Å². The molecule has 0 aliphatic heterocycles. The molecule has 0 bridgehead atoms. The summed E-state index contributed by atoms with van der Waals surface area (Å²) in [6, 6.07) is 0. The molecule has 0 radical (unpaired) electrons. The third kappa shape index (κ3) is 2.72. The molecule has 2 aromatic heterocycles. The van der Waals surface area contributed by atoms with E-state index in [0.29, 0.717) is 0 Å². The highest BCUT2D eigenvalue weighted by molar-refractivity contribution is 5.29. The van der Waals surface area contributed by atoms with Crippen LogP contribution in [0, 0.1) is 0 Å². The van der Waals surface area contributed by atoms with Crippen LogP contribution in [0.5, 0.6) is 0 Å². The first-order valence-electron chi connectivity index (χ1n) is 6.51. The molecule has 1 N–H and O–H groups in total. The van der Waals surface area contributed by atoms with Gasteiger partial charge in [0, 0.05) is 44.3 Å². The molecule has 5 nitrogen and oxygen atoms in total. The minimum absolute atomic E-state index is 0.776. The lowest BCUT2D eigenvalue weighted by atomic mass is 10.2. The van der Waals surface area contributed by atoms with Gasteiger partial charge in [-0.25, -0.2) is 4.98 Å². The smallest absolute Gasteiger partial charge is 0.203 e.